The van der Waals surface area contributed by atoms with Gasteiger partial charge in [-0.15, -0.1) is 0 Å². The molecule has 0 radical (unpaired) electrons. The average Bonchev–Trinajstić information content (AvgIpc) is 3.67. The second-order valence-corrected chi connectivity index (χ2v) is 17.4. The third-order valence-electron chi connectivity index (χ3n) is 9.69. The fourth-order valence-corrected chi connectivity index (χ4v) is 8.93. The lowest BCUT2D eigenvalue weighted by Crippen LogP contribution is -2.36. The molecule has 23 heteroatoms. The number of carboxylic acids is 1. The van der Waals surface area contributed by atoms with E-state index in [1.54, 1.807) is 55.7 Å². The second-order valence-electron chi connectivity index (χ2n) is 14.5. The van der Waals surface area contributed by atoms with Gasteiger partial charge in [-0.2, -0.15) is 31.1 Å². The molecule has 0 aliphatic rings. The second kappa shape index (κ2) is 19.7. The Kier molecular flexibility index (Phi) is 14.2. The molecule has 0 aliphatic carbocycles. The molecule has 7 N–H and O–H groups in total. The molecule has 0 unspecified atom stereocenters. The molecule has 0 fully saturated rings. The SMILES string of the molecule is Cc1cc(C)c(S(=O)(=O)/N=C(\CNC(=O)c2cn(CCCNC(=O)c3ccc(N/N=C/c4ccccc4S(=O)(=O)O)nc3)c3cc(CNc4nccn4O)ccc3c2=O)C(=O)O)c(C)c1. The summed E-state index contributed by atoms with van der Waals surface area (Å²) in [6.07, 6.45) is 6.77. The third kappa shape index (κ3) is 11.4. The quantitative estimate of drug-likeness (QED) is 0.0213. The summed E-state index contributed by atoms with van der Waals surface area (Å²) in [7, 11) is -9.00. The van der Waals surface area contributed by atoms with Gasteiger partial charge < -0.3 is 30.8 Å². The number of aliphatic carboxylic acids is 1. The maximum Gasteiger partial charge on any atom is 0.353 e. The van der Waals surface area contributed by atoms with Crippen LogP contribution in [0.25, 0.3) is 10.9 Å². The first-order valence-corrected chi connectivity index (χ1v) is 22.4. The van der Waals surface area contributed by atoms with Crippen LogP contribution in [0.4, 0.5) is 11.8 Å². The highest BCUT2D eigenvalue weighted by Crippen LogP contribution is 2.24. The van der Waals surface area contributed by atoms with Crippen LogP contribution in [0.1, 0.15) is 55.0 Å². The lowest BCUT2D eigenvalue weighted by atomic mass is 10.1. The number of hydrogen-bond acceptors (Lipinski definition) is 14. The van der Waals surface area contributed by atoms with Crippen LogP contribution in [0.3, 0.4) is 0 Å². The molecule has 0 atom stereocenters. The van der Waals surface area contributed by atoms with Gasteiger partial charge in [0.2, 0.25) is 11.4 Å². The molecule has 0 spiro atoms. The van der Waals surface area contributed by atoms with Crippen LogP contribution in [0, 0.1) is 20.8 Å². The van der Waals surface area contributed by atoms with E-state index in [9.17, 15) is 50.9 Å². The maximum absolute atomic E-state index is 13.8. The van der Waals surface area contributed by atoms with Crippen molar-refractivity contribution in [2.45, 2.75) is 50.1 Å². The number of anilines is 2. The van der Waals surface area contributed by atoms with Crippen molar-refractivity contribution in [3.63, 3.8) is 0 Å². The van der Waals surface area contributed by atoms with Crippen molar-refractivity contribution < 1.29 is 46.1 Å². The predicted molar refractivity (Wildman–Crippen MR) is 239 cm³/mol. The van der Waals surface area contributed by atoms with Crippen LogP contribution in [-0.2, 0) is 38.0 Å². The van der Waals surface area contributed by atoms with Crippen molar-refractivity contribution in [2.24, 2.45) is 9.50 Å². The van der Waals surface area contributed by atoms with Gasteiger partial charge in [-0.1, -0.05) is 42.0 Å². The summed E-state index contributed by atoms with van der Waals surface area (Å²) >= 11 is 0. The molecule has 3 heterocycles. The van der Waals surface area contributed by atoms with Crippen LogP contribution in [0.15, 0.2) is 116 Å². The number of fused-ring (bicyclic) bond motifs is 1. The number of hydrogen-bond donors (Lipinski definition) is 7. The van der Waals surface area contributed by atoms with Gasteiger partial charge in [0.1, 0.15) is 16.3 Å². The average molecular weight is 927 g/mol. The molecule has 65 heavy (non-hydrogen) atoms. The van der Waals surface area contributed by atoms with Crippen LogP contribution in [0.5, 0.6) is 0 Å². The van der Waals surface area contributed by atoms with E-state index in [-0.39, 0.29) is 69.7 Å². The maximum atomic E-state index is 13.8. The Hall–Kier alpha value is -7.76. The molecule has 3 aromatic heterocycles. The van der Waals surface area contributed by atoms with Crippen LogP contribution < -0.4 is 26.8 Å². The Morgan fingerprint density at radius 3 is 2.31 bits per heavy atom. The zero-order valence-corrected chi connectivity index (χ0v) is 36.5. The number of carbonyl (C=O) groups is 3. The Morgan fingerprint density at radius 1 is 0.908 bits per heavy atom. The van der Waals surface area contributed by atoms with Crippen molar-refractivity contribution in [1.29, 1.82) is 0 Å². The molecule has 0 saturated heterocycles. The lowest BCUT2D eigenvalue weighted by molar-refractivity contribution is -0.129. The van der Waals surface area contributed by atoms with E-state index in [1.165, 1.54) is 67.4 Å². The first kappa shape index (κ1) is 46.7. The molecule has 0 saturated carbocycles. The lowest BCUT2D eigenvalue weighted by Gasteiger charge is -2.15. The predicted octanol–water partition coefficient (Wildman–Crippen LogP) is 3.52. The van der Waals surface area contributed by atoms with Gasteiger partial charge in [0.05, 0.1) is 41.1 Å². The van der Waals surface area contributed by atoms with Gasteiger partial charge in [0.25, 0.3) is 32.0 Å². The molecule has 0 bridgehead atoms. The Morgan fingerprint density at radius 2 is 1.65 bits per heavy atom. The number of nitrogens with zero attached hydrogens (tertiary/aromatic N) is 6. The third-order valence-corrected chi connectivity index (χ3v) is 12.2. The largest absolute Gasteiger partial charge is 0.477 e. The topological polar surface area (TPSA) is 306 Å². The highest BCUT2D eigenvalue weighted by atomic mass is 32.2. The van der Waals surface area contributed by atoms with E-state index in [2.05, 4.69) is 40.8 Å². The number of carboxylic acid groups (broad SMARTS) is 1. The minimum Gasteiger partial charge on any atom is -0.477 e. The number of hydrazone groups is 1. The molecule has 2 amide bonds. The van der Waals surface area contributed by atoms with Gasteiger partial charge in [0, 0.05) is 43.0 Å². The van der Waals surface area contributed by atoms with Gasteiger partial charge in [-0.3, -0.25) is 24.4 Å². The first-order valence-electron chi connectivity index (χ1n) is 19.5. The van der Waals surface area contributed by atoms with Gasteiger partial charge in [-0.25, -0.2) is 14.8 Å². The number of amides is 2. The zero-order valence-electron chi connectivity index (χ0n) is 34.9. The van der Waals surface area contributed by atoms with E-state index in [4.69, 9.17) is 0 Å². The molecule has 0 aliphatic heterocycles. The molecule has 3 aromatic carbocycles. The number of imidazole rings is 1. The number of sulfonamides is 1. The van der Waals surface area contributed by atoms with E-state index in [0.29, 0.717) is 22.2 Å². The van der Waals surface area contributed by atoms with E-state index in [0.717, 1.165) is 10.3 Å². The summed E-state index contributed by atoms with van der Waals surface area (Å²) in [5.41, 5.74) is 3.60. The van der Waals surface area contributed by atoms with E-state index >= 15 is 0 Å². The van der Waals surface area contributed by atoms with Crippen molar-refractivity contribution in [3.8, 4) is 0 Å². The van der Waals surface area contributed by atoms with Crippen molar-refractivity contribution in [1.82, 2.24) is 29.9 Å². The first-order chi connectivity index (χ1) is 30.8. The van der Waals surface area contributed by atoms with Gasteiger partial charge >= 0.3 is 5.97 Å². The van der Waals surface area contributed by atoms with Crippen LogP contribution >= 0.6 is 0 Å². The van der Waals surface area contributed by atoms with E-state index in [1.807, 2.05) is 0 Å². The summed E-state index contributed by atoms with van der Waals surface area (Å²) in [5.74, 6) is -2.77. The van der Waals surface area contributed by atoms with Crippen LogP contribution in [0.2, 0.25) is 0 Å². The smallest absolute Gasteiger partial charge is 0.353 e. The Balaban J connectivity index is 1.17. The highest BCUT2D eigenvalue weighted by molar-refractivity contribution is 7.90. The number of pyridine rings is 2. The monoisotopic (exact) mass is 926 g/mol. The summed E-state index contributed by atoms with van der Waals surface area (Å²) in [6, 6.07) is 16.7. The fourth-order valence-electron chi connectivity index (χ4n) is 6.81. The van der Waals surface area contributed by atoms with Crippen LogP contribution in [-0.4, -0.2) is 93.8 Å². The molecular formula is C42H42N10O11S2. The van der Waals surface area contributed by atoms with Crippen molar-refractivity contribution in [2.75, 3.05) is 23.8 Å². The zero-order chi connectivity index (χ0) is 47.1. The number of aryl methyl sites for hydroxylation is 4. The molecule has 21 nitrogen and oxygen atoms in total. The van der Waals surface area contributed by atoms with Gasteiger partial charge in [-0.05, 0) is 74.2 Å². The molecular weight excluding hydrogens is 885 g/mol. The number of benzene rings is 3. The minimum absolute atomic E-state index is 0.124. The van der Waals surface area contributed by atoms with Gasteiger partial charge in [0.15, 0.2) is 5.71 Å². The minimum atomic E-state index is -4.52. The highest BCUT2D eigenvalue weighted by Gasteiger charge is 2.24. The molecule has 338 valence electrons. The fraction of sp³-hybridized carbons (Fsp3) is 0.190. The number of rotatable bonds is 18. The summed E-state index contributed by atoms with van der Waals surface area (Å²) in [5, 5.41) is 32.0. The summed E-state index contributed by atoms with van der Waals surface area (Å²) in [6.45, 7) is 4.53. The summed E-state index contributed by atoms with van der Waals surface area (Å²) < 4.78 is 65.2. The Labute approximate surface area is 371 Å². The molecule has 6 aromatic rings. The normalized spacial score (nSPS) is 12.0. The standard InChI is InChI=1S/C42H42N10O11S2/c1-25-17-26(2)38(27(3)18-25)64(59,60)50-33(41(56)57)23-46-40(55)32-24-51(34-19-28(9-11-31(34)37(32)53)20-47-42-44-14-16-52(42)58)15-6-13-43-39(54)30-10-12-36(45-21-30)49-48-22-29-7-4-5-8-35(29)65(61,62)63/h4-5,7-12,14,16-19,21-22,24,58H,6,13,15,20,23H2,1-3H3,(H,43,54)(H,44,47)(H,45,49)(H,46,55)(H,56,57)(H,61,62,63)/b48-22+,50-33+. The van der Waals surface area contributed by atoms with E-state index < -0.39 is 55.6 Å². The molecule has 6 rings (SSSR count). The van der Waals surface area contributed by atoms with Crippen molar-refractivity contribution in [3.05, 3.63) is 141 Å². The number of carbonyl (C=O) groups excluding carboxylic acids is 2. The van der Waals surface area contributed by atoms with Crippen molar-refractivity contribution >= 4 is 72.5 Å². The number of nitrogens with one attached hydrogen (secondary N) is 4. The number of aromatic nitrogens is 4. The summed E-state index contributed by atoms with van der Waals surface area (Å²) in [4.78, 5) is 60.3. The Bertz CT molecular complexity index is 3140.